The molecule has 1 N–H and O–H groups in total. The molecule has 1 heterocycles. The number of carbonyl (C=O) groups is 1. The lowest BCUT2D eigenvalue weighted by Crippen LogP contribution is -2.13. The number of rotatable bonds is 3. The van der Waals surface area contributed by atoms with E-state index in [1.165, 1.54) is 6.07 Å². The van der Waals surface area contributed by atoms with Gasteiger partial charge in [-0.15, -0.1) is 0 Å². The SMILES string of the molecule is O=C(Nc1ccc2oc(-c3ccccc3Cl)cc(=O)c2c1)C1CC1. The van der Waals surface area contributed by atoms with E-state index in [4.69, 9.17) is 16.0 Å². The van der Waals surface area contributed by atoms with E-state index in [1.54, 1.807) is 30.3 Å². The van der Waals surface area contributed by atoms with E-state index in [0.29, 0.717) is 33.0 Å². The molecule has 1 saturated carbocycles. The van der Waals surface area contributed by atoms with Crippen LogP contribution < -0.4 is 10.7 Å². The smallest absolute Gasteiger partial charge is 0.227 e. The number of anilines is 1. The van der Waals surface area contributed by atoms with Crippen LogP contribution in [0.5, 0.6) is 0 Å². The number of amides is 1. The van der Waals surface area contributed by atoms with Crippen molar-refractivity contribution in [1.82, 2.24) is 0 Å². The van der Waals surface area contributed by atoms with Crippen LogP contribution in [0.3, 0.4) is 0 Å². The van der Waals surface area contributed by atoms with E-state index < -0.39 is 0 Å². The minimum Gasteiger partial charge on any atom is -0.456 e. The maximum absolute atomic E-state index is 12.5. The molecule has 0 spiro atoms. The zero-order chi connectivity index (χ0) is 16.7. The monoisotopic (exact) mass is 339 g/mol. The fourth-order valence-electron chi connectivity index (χ4n) is 2.62. The lowest BCUT2D eigenvalue weighted by molar-refractivity contribution is -0.117. The van der Waals surface area contributed by atoms with Gasteiger partial charge in [0.1, 0.15) is 11.3 Å². The Hall–Kier alpha value is -2.59. The van der Waals surface area contributed by atoms with Crippen LogP contribution in [0.4, 0.5) is 5.69 Å². The Labute approximate surface area is 143 Å². The highest BCUT2D eigenvalue weighted by Crippen LogP contribution is 2.31. The summed E-state index contributed by atoms with van der Waals surface area (Å²) in [4.78, 5) is 24.3. The number of carbonyl (C=O) groups excluding carboxylic acids is 1. The third kappa shape index (κ3) is 2.81. The van der Waals surface area contributed by atoms with Crippen molar-refractivity contribution in [3.63, 3.8) is 0 Å². The zero-order valence-electron chi connectivity index (χ0n) is 12.7. The molecular weight excluding hydrogens is 326 g/mol. The van der Waals surface area contributed by atoms with Gasteiger partial charge in [0.2, 0.25) is 5.91 Å². The van der Waals surface area contributed by atoms with Crippen molar-refractivity contribution in [3.8, 4) is 11.3 Å². The van der Waals surface area contributed by atoms with Gasteiger partial charge in [-0.25, -0.2) is 0 Å². The lowest BCUT2D eigenvalue weighted by atomic mass is 10.1. The summed E-state index contributed by atoms with van der Waals surface area (Å²) in [6.07, 6.45) is 1.87. The molecule has 4 rings (SSSR count). The van der Waals surface area contributed by atoms with Gasteiger partial charge < -0.3 is 9.73 Å². The molecule has 0 bridgehead atoms. The maximum Gasteiger partial charge on any atom is 0.227 e. The normalized spacial score (nSPS) is 13.9. The van der Waals surface area contributed by atoms with Crippen molar-refractivity contribution in [3.05, 3.63) is 63.8 Å². The van der Waals surface area contributed by atoms with Gasteiger partial charge in [-0.3, -0.25) is 9.59 Å². The lowest BCUT2D eigenvalue weighted by Gasteiger charge is -2.07. The predicted octanol–water partition coefficient (Wildman–Crippen LogP) is 4.46. The van der Waals surface area contributed by atoms with Gasteiger partial charge in [0.15, 0.2) is 5.43 Å². The first kappa shape index (κ1) is 15.0. The molecule has 4 nitrogen and oxygen atoms in total. The van der Waals surface area contributed by atoms with Crippen LogP contribution >= 0.6 is 11.6 Å². The Morgan fingerprint density at radius 2 is 1.92 bits per heavy atom. The largest absolute Gasteiger partial charge is 0.456 e. The molecule has 0 aliphatic heterocycles. The van der Waals surface area contributed by atoms with Crippen LogP contribution in [0.25, 0.3) is 22.3 Å². The molecule has 5 heteroatoms. The molecule has 2 aromatic carbocycles. The maximum atomic E-state index is 12.5. The van der Waals surface area contributed by atoms with Gasteiger partial charge in [-0.1, -0.05) is 23.7 Å². The van der Waals surface area contributed by atoms with Gasteiger partial charge in [-0.05, 0) is 43.2 Å². The number of benzene rings is 2. The first-order valence-electron chi connectivity index (χ1n) is 7.75. The van der Waals surface area contributed by atoms with Gasteiger partial charge >= 0.3 is 0 Å². The van der Waals surface area contributed by atoms with Gasteiger partial charge in [0, 0.05) is 23.2 Å². The standard InChI is InChI=1S/C19H14ClNO3/c20-15-4-2-1-3-13(15)18-10-16(22)14-9-12(7-8-17(14)24-18)21-19(23)11-5-6-11/h1-4,7-11H,5-6H2,(H,21,23). The quantitative estimate of drug-likeness (QED) is 0.766. The van der Waals surface area contributed by atoms with Crippen molar-refractivity contribution in [2.24, 2.45) is 5.92 Å². The van der Waals surface area contributed by atoms with Crippen LogP contribution in [-0.4, -0.2) is 5.91 Å². The molecule has 120 valence electrons. The molecule has 0 saturated heterocycles. The summed E-state index contributed by atoms with van der Waals surface area (Å²) in [6.45, 7) is 0. The molecular formula is C19H14ClNO3. The van der Waals surface area contributed by atoms with Crippen molar-refractivity contribution >= 4 is 34.2 Å². The summed E-state index contributed by atoms with van der Waals surface area (Å²) in [5.41, 5.74) is 1.57. The van der Waals surface area contributed by atoms with E-state index >= 15 is 0 Å². The fraction of sp³-hybridized carbons (Fsp3) is 0.158. The molecule has 1 fully saturated rings. The number of hydrogen-bond donors (Lipinski definition) is 1. The number of nitrogens with one attached hydrogen (secondary N) is 1. The van der Waals surface area contributed by atoms with Gasteiger partial charge in [0.25, 0.3) is 0 Å². The first-order chi connectivity index (χ1) is 11.6. The van der Waals surface area contributed by atoms with E-state index in [2.05, 4.69) is 5.32 Å². The summed E-state index contributed by atoms with van der Waals surface area (Å²) < 4.78 is 5.83. The molecule has 0 radical (unpaired) electrons. The van der Waals surface area contributed by atoms with Gasteiger partial charge in [-0.2, -0.15) is 0 Å². The summed E-state index contributed by atoms with van der Waals surface area (Å²) in [7, 11) is 0. The third-order valence-electron chi connectivity index (χ3n) is 4.08. The van der Waals surface area contributed by atoms with E-state index in [9.17, 15) is 9.59 Å². The molecule has 3 aromatic rings. The van der Waals surface area contributed by atoms with Crippen molar-refractivity contribution in [2.45, 2.75) is 12.8 Å². The number of fused-ring (bicyclic) bond motifs is 1. The summed E-state index contributed by atoms with van der Waals surface area (Å²) >= 11 is 6.17. The van der Waals surface area contributed by atoms with Gasteiger partial charge in [0.05, 0.1) is 10.4 Å². The second-order valence-corrected chi connectivity index (χ2v) is 6.34. The predicted molar refractivity (Wildman–Crippen MR) is 94.3 cm³/mol. The minimum absolute atomic E-state index is 0.00595. The second-order valence-electron chi connectivity index (χ2n) is 5.93. The Kier molecular flexibility index (Phi) is 3.62. The average Bonchev–Trinajstić information content (AvgIpc) is 3.41. The first-order valence-corrected chi connectivity index (χ1v) is 8.13. The highest BCUT2D eigenvalue weighted by atomic mass is 35.5. The van der Waals surface area contributed by atoms with Crippen LogP contribution in [0.1, 0.15) is 12.8 Å². The minimum atomic E-state index is -0.173. The molecule has 1 amide bonds. The Balaban J connectivity index is 1.75. The van der Waals surface area contributed by atoms with Crippen molar-refractivity contribution < 1.29 is 9.21 Å². The third-order valence-corrected chi connectivity index (χ3v) is 4.41. The highest BCUT2D eigenvalue weighted by molar-refractivity contribution is 6.33. The average molecular weight is 340 g/mol. The van der Waals surface area contributed by atoms with Crippen molar-refractivity contribution in [1.29, 1.82) is 0 Å². The number of hydrogen-bond acceptors (Lipinski definition) is 3. The fourth-order valence-corrected chi connectivity index (χ4v) is 2.85. The molecule has 24 heavy (non-hydrogen) atoms. The Morgan fingerprint density at radius 3 is 2.67 bits per heavy atom. The van der Waals surface area contributed by atoms with Crippen LogP contribution in [0.2, 0.25) is 5.02 Å². The summed E-state index contributed by atoms with van der Waals surface area (Å²) in [5, 5.41) is 3.79. The van der Waals surface area contributed by atoms with E-state index in [0.717, 1.165) is 12.8 Å². The topological polar surface area (TPSA) is 59.3 Å². The van der Waals surface area contributed by atoms with Crippen molar-refractivity contribution in [2.75, 3.05) is 5.32 Å². The number of halogens is 1. The molecule has 0 atom stereocenters. The Morgan fingerprint density at radius 1 is 1.12 bits per heavy atom. The Bertz CT molecular complexity index is 1000. The zero-order valence-corrected chi connectivity index (χ0v) is 13.5. The molecule has 0 unspecified atom stereocenters. The van der Waals surface area contributed by atoms with Crippen LogP contribution in [0, 0.1) is 5.92 Å². The molecule has 1 aromatic heterocycles. The molecule has 1 aliphatic carbocycles. The molecule has 1 aliphatic rings. The summed E-state index contributed by atoms with van der Waals surface area (Å²) in [5.74, 6) is 0.541. The van der Waals surface area contributed by atoms with E-state index in [1.807, 2.05) is 12.1 Å². The van der Waals surface area contributed by atoms with E-state index in [-0.39, 0.29) is 17.3 Å². The summed E-state index contributed by atoms with van der Waals surface area (Å²) in [6, 6.07) is 13.7. The second kappa shape index (κ2) is 5.80. The van der Waals surface area contributed by atoms with Crippen LogP contribution in [-0.2, 0) is 4.79 Å². The highest BCUT2D eigenvalue weighted by Gasteiger charge is 2.29. The van der Waals surface area contributed by atoms with Crippen LogP contribution in [0.15, 0.2) is 57.7 Å².